The number of benzene rings is 2. The summed E-state index contributed by atoms with van der Waals surface area (Å²) in [6.07, 6.45) is 2.47. The van der Waals surface area contributed by atoms with Gasteiger partial charge in [0.1, 0.15) is 12.0 Å². The van der Waals surface area contributed by atoms with Crippen molar-refractivity contribution in [3.05, 3.63) is 71.1 Å². The fourth-order valence-corrected chi connectivity index (χ4v) is 3.21. The van der Waals surface area contributed by atoms with Crippen LogP contribution in [0.25, 0.3) is 33.8 Å². The summed E-state index contributed by atoms with van der Waals surface area (Å²) in [7, 11) is 0. The van der Waals surface area contributed by atoms with Gasteiger partial charge in [0.25, 0.3) is 0 Å². The van der Waals surface area contributed by atoms with Crippen LogP contribution in [0.2, 0.25) is 5.02 Å². The van der Waals surface area contributed by atoms with Gasteiger partial charge in [0.2, 0.25) is 0 Å². The average Bonchev–Trinajstić information content (AvgIpc) is 3.31. The summed E-state index contributed by atoms with van der Waals surface area (Å²) in [6.45, 7) is 0. The minimum absolute atomic E-state index is 0.0570. The van der Waals surface area contributed by atoms with Crippen molar-refractivity contribution in [1.29, 1.82) is 0 Å². The summed E-state index contributed by atoms with van der Waals surface area (Å²) >= 11 is 6.18. The van der Waals surface area contributed by atoms with Crippen LogP contribution in [0, 0.1) is 23.3 Å². The summed E-state index contributed by atoms with van der Waals surface area (Å²) < 4.78 is 57.6. The maximum absolute atomic E-state index is 14.2. The normalized spacial score (nSPS) is 11.6. The Hall–Kier alpha value is -3.53. The van der Waals surface area contributed by atoms with E-state index in [4.69, 9.17) is 11.6 Å². The van der Waals surface area contributed by atoms with Crippen LogP contribution in [0.3, 0.4) is 0 Å². The molecule has 0 amide bonds. The molecule has 0 spiro atoms. The van der Waals surface area contributed by atoms with Gasteiger partial charge in [0.15, 0.2) is 40.4 Å². The molecule has 6 nitrogen and oxygen atoms in total. The highest BCUT2D eigenvalue weighted by atomic mass is 35.5. The molecule has 0 saturated heterocycles. The topological polar surface area (TPSA) is 60.9 Å². The minimum Gasteiger partial charge on any atom is -0.216 e. The second-order valence-electron chi connectivity index (χ2n) is 6.04. The molecule has 3 heterocycles. The molecule has 5 aromatic rings. The smallest absolute Gasteiger partial charge is 0.187 e. The van der Waals surface area contributed by atoms with E-state index in [2.05, 4.69) is 20.2 Å². The fourth-order valence-electron chi connectivity index (χ4n) is 2.99. The molecule has 0 aliphatic rings. The monoisotopic (exact) mass is 418 g/mol. The summed E-state index contributed by atoms with van der Waals surface area (Å²) in [4.78, 5) is 8.46. The fraction of sp³-hybridized carbons (Fsp3) is 0. The lowest BCUT2D eigenvalue weighted by Gasteiger charge is -2.07. The van der Waals surface area contributed by atoms with Crippen LogP contribution in [0.15, 0.2) is 42.9 Å². The molecular formula is C18H7ClF4N6. The lowest BCUT2D eigenvalue weighted by molar-refractivity contribution is 0.445. The number of fused-ring (bicyclic) bond motifs is 3. The summed E-state index contributed by atoms with van der Waals surface area (Å²) in [5.74, 6) is -5.98. The lowest BCUT2D eigenvalue weighted by Crippen LogP contribution is -2.08. The first-order chi connectivity index (χ1) is 14.0. The van der Waals surface area contributed by atoms with Crippen LogP contribution in [0.5, 0.6) is 0 Å². The van der Waals surface area contributed by atoms with E-state index >= 15 is 0 Å². The zero-order valence-corrected chi connectivity index (χ0v) is 14.9. The van der Waals surface area contributed by atoms with Crippen LogP contribution in [0.4, 0.5) is 17.6 Å². The van der Waals surface area contributed by atoms with Gasteiger partial charge >= 0.3 is 0 Å². The molecule has 11 heteroatoms. The lowest BCUT2D eigenvalue weighted by atomic mass is 10.2. The van der Waals surface area contributed by atoms with Gasteiger partial charge < -0.3 is 0 Å². The molecule has 5 rings (SSSR count). The molecule has 0 radical (unpaired) electrons. The number of aromatic nitrogens is 6. The molecule has 3 aromatic heterocycles. The van der Waals surface area contributed by atoms with Crippen molar-refractivity contribution in [2.45, 2.75) is 0 Å². The summed E-state index contributed by atoms with van der Waals surface area (Å²) in [6, 6.07) is 7.05. The van der Waals surface area contributed by atoms with Gasteiger partial charge in [-0.05, 0) is 12.1 Å². The van der Waals surface area contributed by atoms with Crippen LogP contribution in [0.1, 0.15) is 0 Å². The zero-order valence-electron chi connectivity index (χ0n) is 14.1. The molecule has 144 valence electrons. The van der Waals surface area contributed by atoms with E-state index in [9.17, 15) is 17.6 Å². The molecule has 0 fully saturated rings. The van der Waals surface area contributed by atoms with Crippen molar-refractivity contribution >= 4 is 28.3 Å². The van der Waals surface area contributed by atoms with Crippen LogP contribution >= 0.6 is 11.6 Å². The van der Waals surface area contributed by atoms with Crippen molar-refractivity contribution in [3.63, 3.8) is 0 Å². The van der Waals surface area contributed by atoms with Crippen LogP contribution in [-0.4, -0.2) is 29.4 Å². The van der Waals surface area contributed by atoms with Crippen molar-refractivity contribution in [2.75, 3.05) is 0 Å². The van der Waals surface area contributed by atoms with E-state index in [1.807, 2.05) is 0 Å². The van der Waals surface area contributed by atoms with Crippen molar-refractivity contribution in [1.82, 2.24) is 29.4 Å². The van der Waals surface area contributed by atoms with E-state index < -0.39 is 29.0 Å². The quantitative estimate of drug-likeness (QED) is 0.316. The standard InChI is InChI=1S/C18H7ClF4N6/c19-10-4-2-1-3-8(10)16-26-18-9-6-25-29(17(9)24-7-28(18)27-16)15-13(22)11(20)5-12(21)14(15)23/h1-7H. The van der Waals surface area contributed by atoms with Gasteiger partial charge in [0.05, 0.1) is 16.6 Å². The zero-order chi connectivity index (χ0) is 20.3. The van der Waals surface area contributed by atoms with E-state index in [1.54, 1.807) is 24.3 Å². The number of nitrogens with zero attached hydrogens (tertiary/aromatic N) is 6. The third kappa shape index (κ3) is 2.56. The molecule has 0 atom stereocenters. The molecule has 0 N–H and O–H groups in total. The SMILES string of the molecule is Fc1cc(F)c(F)c(-n2ncc3c2ncn2nc(-c4ccccc4Cl)nc32)c1F. The molecule has 29 heavy (non-hydrogen) atoms. The first-order valence-corrected chi connectivity index (χ1v) is 8.51. The Balaban J connectivity index is 1.77. The van der Waals surface area contributed by atoms with Gasteiger partial charge in [-0.3, -0.25) is 0 Å². The van der Waals surface area contributed by atoms with Crippen LogP contribution in [-0.2, 0) is 0 Å². The Morgan fingerprint density at radius 2 is 1.66 bits per heavy atom. The van der Waals surface area contributed by atoms with E-state index in [1.165, 1.54) is 17.0 Å². The Kier molecular flexibility index (Phi) is 3.78. The maximum Gasteiger partial charge on any atom is 0.187 e. The van der Waals surface area contributed by atoms with Crippen molar-refractivity contribution in [3.8, 4) is 17.1 Å². The second kappa shape index (κ2) is 6.24. The Morgan fingerprint density at radius 1 is 0.931 bits per heavy atom. The highest BCUT2D eigenvalue weighted by Crippen LogP contribution is 2.29. The molecule has 0 saturated carbocycles. The van der Waals surface area contributed by atoms with E-state index in [-0.39, 0.29) is 22.7 Å². The van der Waals surface area contributed by atoms with E-state index in [0.29, 0.717) is 21.1 Å². The van der Waals surface area contributed by atoms with Crippen LogP contribution < -0.4 is 0 Å². The van der Waals surface area contributed by atoms with Gasteiger partial charge in [0, 0.05) is 11.6 Å². The third-order valence-electron chi connectivity index (χ3n) is 4.32. The first-order valence-electron chi connectivity index (χ1n) is 8.13. The summed E-state index contributed by atoms with van der Waals surface area (Å²) in [5, 5.41) is 8.84. The van der Waals surface area contributed by atoms with Gasteiger partial charge in [-0.2, -0.15) is 5.10 Å². The maximum atomic E-state index is 14.2. The van der Waals surface area contributed by atoms with Crippen molar-refractivity contribution < 1.29 is 17.6 Å². The van der Waals surface area contributed by atoms with Gasteiger partial charge in [-0.15, -0.1) is 5.10 Å². The highest BCUT2D eigenvalue weighted by molar-refractivity contribution is 6.33. The predicted molar refractivity (Wildman–Crippen MR) is 95.7 cm³/mol. The molecule has 0 bridgehead atoms. The molecule has 0 aliphatic heterocycles. The Labute approximate surface area is 164 Å². The van der Waals surface area contributed by atoms with Gasteiger partial charge in [-0.1, -0.05) is 23.7 Å². The predicted octanol–water partition coefficient (Wildman–Crippen LogP) is 4.34. The van der Waals surface area contributed by atoms with Gasteiger partial charge in [-0.25, -0.2) is 36.7 Å². The minimum atomic E-state index is -1.59. The first kappa shape index (κ1) is 17.6. The Morgan fingerprint density at radius 3 is 2.38 bits per heavy atom. The molecule has 0 aliphatic carbocycles. The number of rotatable bonds is 2. The van der Waals surface area contributed by atoms with Crippen molar-refractivity contribution in [2.24, 2.45) is 0 Å². The Bertz CT molecular complexity index is 1400. The molecular weight excluding hydrogens is 412 g/mol. The number of hydrogen-bond acceptors (Lipinski definition) is 4. The largest absolute Gasteiger partial charge is 0.216 e. The molecule has 2 aromatic carbocycles. The third-order valence-corrected chi connectivity index (χ3v) is 4.65. The number of hydrogen-bond donors (Lipinski definition) is 0. The second-order valence-corrected chi connectivity index (χ2v) is 6.45. The highest BCUT2D eigenvalue weighted by Gasteiger charge is 2.24. The summed E-state index contributed by atoms with van der Waals surface area (Å²) in [5.41, 5.74) is -0.227. The molecule has 0 unspecified atom stereocenters. The van der Waals surface area contributed by atoms with E-state index in [0.717, 1.165) is 0 Å². The average molecular weight is 419 g/mol. The number of halogens is 5.